The van der Waals surface area contributed by atoms with Gasteiger partial charge in [0.1, 0.15) is 0 Å². The molecule has 0 aliphatic rings. The van der Waals surface area contributed by atoms with E-state index in [1.165, 1.54) is 5.56 Å². The Hall–Kier alpha value is -2.21. The maximum atomic E-state index is 12.0. The Bertz CT molecular complexity index is 619. The number of carbonyl (C=O) groups excluding carboxylic acids is 1. The van der Waals surface area contributed by atoms with Gasteiger partial charge in [-0.05, 0) is 24.6 Å². The van der Waals surface area contributed by atoms with E-state index in [4.69, 9.17) is 4.74 Å². The van der Waals surface area contributed by atoms with Crippen LogP contribution in [0.5, 0.6) is 0 Å². The number of nitrogens with one attached hydrogen (secondary N) is 2. The Morgan fingerprint density at radius 1 is 1.04 bits per heavy atom. The van der Waals surface area contributed by atoms with Crippen LogP contribution >= 0.6 is 0 Å². The Kier molecular flexibility index (Phi) is 8.12. The summed E-state index contributed by atoms with van der Waals surface area (Å²) < 4.78 is 5.62. The number of carbonyl (C=O) groups is 1. The fourth-order valence-corrected chi connectivity index (χ4v) is 2.50. The smallest absolute Gasteiger partial charge is 0.251 e. The van der Waals surface area contributed by atoms with Gasteiger partial charge in [-0.15, -0.1) is 0 Å². The second-order valence-electron chi connectivity index (χ2n) is 5.75. The zero-order valence-corrected chi connectivity index (χ0v) is 14.5. The standard InChI is InChI=1S/C20H26N2O3/c1-2-25-19(15-21-13-16-9-5-3-6-10-16)18(23)14-22-20(24)17-11-7-4-8-12-17/h3-12,18-19,21,23H,2,13-15H2,1H3,(H,22,24)/t18-,19+/m0/s1. The third-order valence-electron chi connectivity index (χ3n) is 3.84. The lowest BCUT2D eigenvalue weighted by atomic mass is 10.1. The zero-order valence-electron chi connectivity index (χ0n) is 14.5. The third kappa shape index (κ3) is 6.66. The van der Waals surface area contributed by atoms with E-state index in [0.29, 0.717) is 25.3 Å². The highest BCUT2D eigenvalue weighted by molar-refractivity contribution is 5.94. The predicted molar refractivity (Wildman–Crippen MR) is 98.3 cm³/mol. The number of benzene rings is 2. The summed E-state index contributed by atoms with van der Waals surface area (Å²) in [5.74, 6) is -0.202. The molecule has 25 heavy (non-hydrogen) atoms. The molecule has 0 spiro atoms. The molecule has 5 nitrogen and oxygen atoms in total. The first-order chi connectivity index (χ1) is 12.2. The SMILES string of the molecule is CCO[C@H](CNCc1ccccc1)[C@@H](O)CNC(=O)c1ccccc1. The van der Waals surface area contributed by atoms with E-state index >= 15 is 0 Å². The topological polar surface area (TPSA) is 70.6 Å². The van der Waals surface area contributed by atoms with Crippen LogP contribution in [0.25, 0.3) is 0 Å². The van der Waals surface area contributed by atoms with Crippen molar-refractivity contribution in [2.45, 2.75) is 25.7 Å². The molecule has 1 amide bonds. The van der Waals surface area contributed by atoms with Gasteiger partial charge < -0.3 is 20.5 Å². The first-order valence-corrected chi connectivity index (χ1v) is 8.58. The lowest BCUT2D eigenvalue weighted by molar-refractivity contribution is -0.0296. The largest absolute Gasteiger partial charge is 0.389 e. The molecule has 3 N–H and O–H groups in total. The first-order valence-electron chi connectivity index (χ1n) is 8.58. The maximum Gasteiger partial charge on any atom is 0.251 e. The van der Waals surface area contributed by atoms with Gasteiger partial charge in [-0.1, -0.05) is 48.5 Å². The minimum absolute atomic E-state index is 0.144. The highest BCUT2D eigenvalue weighted by Crippen LogP contribution is 2.03. The van der Waals surface area contributed by atoms with E-state index in [-0.39, 0.29) is 18.6 Å². The lowest BCUT2D eigenvalue weighted by Gasteiger charge is -2.23. The Morgan fingerprint density at radius 2 is 1.68 bits per heavy atom. The molecule has 0 heterocycles. The highest BCUT2D eigenvalue weighted by atomic mass is 16.5. The monoisotopic (exact) mass is 342 g/mol. The van der Waals surface area contributed by atoms with Gasteiger partial charge >= 0.3 is 0 Å². The second kappa shape index (κ2) is 10.6. The number of aliphatic hydroxyl groups excluding tert-OH is 1. The Balaban J connectivity index is 1.78. The molecule has 0 saturated carbocycles. The summed E-state index contributed by atoms with van der Waals surface area (Å²) in [4.78, 5) is 12.0. The quantitative estimate of drug-likeness (QED) is 0.617. The molecule has 0 fully saturated rings. The van der Waals surface area contributed by atoms with Crippen LogP contribution in [0.4, 0.5) is 0 Å². The van der Waals surface area contributed by atoms with Crippen LogP contribution < -0.4 is 10.6 Å². The van der Waals surface area contributed by atoms with Crippen molar-refractivity contribution in [2.24, 2.45) is 0 Å². The van der Waals surface area contributed by atoms with E-state index in [0.717, 1.165) is 0 Å². The molecule has 2 aromatic rings. The van der Waals surface area contributed by atoms with Gasteiger partial charge in [0.15, 0.2) is 0 Å². The van der Waals surface area contributed by atoms with E-state index in [1.807, 2.05) is 55.5 Å². The van der Waals surface area contributed by atoms with E-state index in [9.17, 15) is 9.90 Å². The fraction of sp³-hybridized carbons (Fsp3) is 0.350. The molecular formula is C20H26N2O3. The molecule has 0 bridgehead atoms. The molecular weight excluding hydrogens is 316 g/mol. The van der Waals surface area contributed by atoms with Crippen molar-refractivity contribution < 1.29 is 14.6 Å². The number of hydrogen-bond donors (Lipinski definition) is 3. The van der Waals surface area contributed by atoms with Crippen LogP contribution in [0.1, 0.15) is 22.8 Å². The summed E-state index contributed by atoms with van der Waals surface area (Å²) in [5, 5.41) is 16.4. The minimum Gasteiger partial charge on any atom is -0.389 e. The van der Waals surface area contributed by atoms with Gasteiger partial charge in [-0.25, -0.2) is 0 Å². The van der Waals surface area contributed by atoms with E-state index in [1.54, 1.807) is 12.1 Å². The summed E-state index contributed by atoms with van der Waals surface area (Å²) in [6.07, 6.45) is -1.17. The number of hydrogen-bond acceptors (Lipinski definition) is 4. The van der Waals surface area contributed by atoms with Gasteiger partial charge in [0.05, 0.1) is 12.2 Å². The van der Waals surface area contributed by atoms with Gasteiger partial charge in [-0.3, -0.25) is 4.79 Å². The third-order valence-corrected chi connectivity index (χ3v) is 3.84. The molecule has 0 aliphatic carbocycles. The van der Waals surface area contributed by atoms with E-state index in [2.05, 4.69) is 10.6 Å². The summed E-state index contributed by atoms with van der Waals surface area (Å²) in [6.45, 7) is 3.74. The van der Waals surface area contributed by atoms with Crippen LogP contribution in [-0.4, -0.2) is 42.9 Å². The van der Waals surface area contributed by atoms with Crippen molar-refractivity contribution in [3.8, 4) is 0 Å². The van der Waals surface area contributed by atoms with Crippen molar-refractivity contribution in [2.75, 3.05) is 19.7 Å². The molecule has 2 aromatic carbocycles. The van der Waals surface area contributed by atoms with Crippen molar-refractivity contribution in [3.63, 3.8) is 0 Å². The minimum atomic E-state index is -0.782. The molecule has 0 aromatic heterocycles. The van der Waals surface area contributed by atoms with Gasteiger partial charge in [0.2, 0.25) is 0 Å². The predicted octanol–water partition coefficient (Wildman–Crippen LogP) is 1.97. The Labute approximate surface area is 149 Å². The zero-order chi connectivity index (χ0) is 17.9. The normalized spacial score (nSPS) is 13.2. The highest BCUT2D eigenvalue weighted by Gasteiger charge is 2.20. The maximum absolute atomic E-state index is 12.0. The molecule has 2 rings (SSSR count). The number of amides is 1. The van der Waals surface area contributed by atoms with Crippen LogP contribution in [0.2, 0.25) is 0 Å². The molecule has 134 valence electrons. The summed E-state index contributed by atoms with van der Waals surface area (Å²) in [5.41, 5.74) is 1.74. The lowest BCUT2D eigenvalue weighted by Crippen LogP contribution is -2.45. The van der Waals surface area contributed by atoms with Gasteiger partial charge in [0.25, 0.3) is 5.91 Å². The second-order valence-corrected chi connectivity index (χ2v) is 5.75. The summed E-state index contributed by atoms with van der Waals surface area (Å²) in [7, 11) is 0. The van der Waals surface area contributed by atoms with Gasteiger partial charge in [-0.2, -0.15) is 0 Å². The number of aliphatic hydroxyl groups is 1. The van der Waals surface area contributed by atoms with Gasteiger partial charge in [0, 0.05) is 31.8 Å². The number of rotatable bonds is 10. The molecule has 0 aliphatic heterocycles. The van der Waals surface area contributed by atoms with Crippen molar-refractivity contribution in [1.82, 2.24) is 10.6 Å². The van der Waals surface area contributed by atoms with Crippen LogP contribution in [0.15, 0.2) is 60.7 Å². The number of ether oxygens (including phenoxy) is 1. The molecule has 5 heteroatoms. The molecule has 2 atom stereocenters. The van der Waals surface area contributed by atoms with E-state index < -0.39 is 6.10 Å². The van der Waals surface area contributed by atoms with Crippen LogP contribution in [-0.2, 0) is 11.3 Å². The van der Waals surface area contributed by atoms with Crippen LogP contribution in [0, 0.1) is 0 Å². The average Bonchev–Trinajstić information content (AvgIpc) is 2.66. The van der Waals surface area contributed by atoms with Crippen molar-refractivity contribution in [1.29, 1.82) is 0 Å². The average molecular weight is 342 g/mol. The Morgan fingerprint density at radius 3 is 2.32 bits per heavy atom. The van der Waals surface area contributed by atoms with Crippen molar-refractivity contribution >= 4 is 5.91 Å². The molecule has 0 unspecified atom stereocenters. The summed E-state index contributed by atoms with van der Waals surface area (Å²) >= 11 is 0. The first kappa shape index (κ1) is 19.1. The fourth-order valence-electron chi connectivity index (χ4n) is 2.50. The molecule has 0 radical (unpaired) electrons. The van der Waals surface area contributed by atoms with Crippen LogP contribution in [0.3, 0.4) is 0 Å². The molecule has 0 saturated heterocycles. The van der Waals surface area contributed by atoms with Crippen molar-refractivity contribution in [3.05, 3.63) is 71.8 Å². The summed E-state index contributed by atoms with van der Waals surface area (Å²) in [6, 6.07) is 19.0.